The molecular weight excluding hydrogens is 190 g/mol. The normalized spacial score (nSPS) is 9.92. The minimum absolute atomic E-state index is 0.0525. The van der Waals surface area contributed by atoms with Crippen LogP contribution in [0.3, 0.4) is 0 Å². The standard InChI is InChI=1S/C8H9NO3S/c1-5-9-4-7(13-5)6(10)2-3-8(11)12/h4H,2-3H2,1H3,(H,11,12). The summed E-state index contributed by atoms with van der Waals surface area (Å²) in [6, 6.07) is 0. The van der Waals surface area contributed by atoms with Gasteiger partial charge in [-0.3, -0.25) is 9.59 Å². The second-order valence-corrected chi connectivity index (χ2v) is 3.80. The number of aromatic nitrogens is 1. The van der Waals surface area contributed by atoms with Crippen molar-refractivity contribution in [1.82, 2.24) is 4.98 Å². The van der Waals surface area contributed by atoms with Crippen LogP contribution in [0.1, 0.15) is 27.5 Å². The summed E-state index contributed by atoms with van der Waals surface area (Å²) in [6.45, 7) is 1.80. The Balaban J connectivity index is 2.54. The molecule has 0 saturated heterocycles. The van der Waals surface area contributed by atoms with Crippen molar-refractivity contribution in [2.45, 2.75) is 19.8 Å². The van der Waals surface area contributed by atoms with Crippen LogP contribution in [0.5, 0.6) is 0 Å². The maximum atomic E-state index is 11.3. The first-order valence-corrected chi connectivity index (χ1v) is 4.58. The van der Waals surface area contributed by atoms with Crippen molar-refractivity contribution < 1.29 is 14.7 Å². The third-order valence-electron chi connectivity index (χ3n) is 1.46. The number of ketones is 1. The highest BCUT2D eigenvalue weighted by Gasteiger charge is 2.10. The number of nitrogens with zero attached hydrogens (tertiary/aromatic N) is 1. The Kier molecular flexibility index (Phi) is 3.13. The number of Topliss-reactive ketones (excluding diaryl/α,β-unsaturated/α-hetero) is 1. The lowest BCUT2D eigenvalue weighted by atomic mass is 10.2. The van der Waals surface area contributed by atoms with Crippen LogP contribution in [-0.4, -0.2) is 21.8 Å². The van der Waals surface area contributed by atoms with Crippen LogP contribution in [-0.2, 0) is 4.79 Å². The SMILES string of the molecule is Cc1ncc(C(=O)CCC(=O)O)s1. The molecule has 0 aliphatic rings. The molecule has 4 nitrogen and oxygen atoms in total. The van der Waals surface area contributed by atoms with Gasteiger partial charge < -0.3 is 5.11 Å². The lowest BCUT2D eigenvalue weighted by Crippen LogP contribution is -2.01. The molecule has 1 N–H and O–H groups in total. The first-order chi connectivity index (χ1) is 6.09. The topological polar surface area (TPSA) is 67.3 Å². The van der Waals surface area contributed by atoms with E-state index in [-0.39, 0.29) is 18.6 Å². The van der Waals surface area contributed by atoms with Crippen LogP contribution in [0.25, 0.3) is 0 Å². The molecule has 1 heterocycles. The number of aliphatic carboxylic acids is 1. The summed E-state index contributed by atoms with van der Waals surface area (Å²) in [7, 11) is 0. The van der Waals surface area contributed by atoms with Gasteiger partial charge in [0, 0.05) is 12.6 Å². The molecule has 0 amide bonds. The zero-order valence-electron chi connectivity index (χ0n) is 7.11. The fourth-order valence-electron chi connectivity index (χ4n) is 0.834. The molecule has 0 fully saturated rings. The van der Waals surface area contributed by atoms with Gasteiger partial charge >= 0.3 is 5.97 Å². The Morgan fingerprint density at radius 3 is 2.69 bits per heavy atom. The third-order valence-corrected chi connectivity index (χ3v) is 2.42. The highest BCUT2D eigenvalue weighted by molar-refractivity contribution is 7.13. The maximum absolute atomic E-state index is 11.3. The second kappa shape index (κ2) is 4.13. The highest BCUT2D eigenvalue weighted by Crippen LogP contribution is 2.14. The summed E-state index contributed by atoms with van der Waals surface area (Å²) in [5.41, 5.74) is 0. The van der Waals surface area contributed by atoms with Crippen molar-refractivity contribution in [3.05, 3.63) is 16.1 Å². The van der Waals surface area contributed by atoms with Gasteiger partial charge in [0.25, 0.3) is 0 Å². The molecule has 0 aliphatic heterocycles. The monoisotopic (exact) mass is 199 g/mol. The number of carbonyl (C=O) groups is 2. The Morgan fingerprint density at radius 2 is 2.23 bits per heavy atom. The minimum atomic E-state index is -0.949. The van der Waals surface area contributed by atoms with Crippen LogP contribution in [0.2, 0.25) is 0 Å². The molecule has 0 saturated carbocycles. The molecule has 0 aliphatic carbocycles. The van der Waals surface area contributed by atoms with E-state index < -0.39 is 5.97 Å². The van der Waals surface area contributed by atoms with Crippen LogP contribution in [0.4, 0.5) is 0 Å². The summed E-state index contributed by atoms with van der Waals surface area (Å²) in [6.07, 6.45) is 1.43. The van der Waals surface area contributed by atoms with Gasteiger partial charge in [-0.1, -0.05) is 0 Å². The van der Waals surface area contributed by atoms with Crippen LogP contribution in [0.15, 0.2) is 6.20 Å². The van der Waals surface area contributed by atoms with Crippen molar-refractivity contribution in [2.24, 2.45) is 0 Å². The number of hydrogen-bond donors (Lipinski definition) is 1. The van der Waals surface area contributed by atoms with Crippen molar-refractivity contribution in [1.29, 1.82) is 0 Å². The van der Waals surface area contributed by atoms with Gasteiger partial charge in [0.1, 0.15) is 0 Å². The van der Waals surface area contributed by atoms with Gasteiger partial charge in [-0.05, 0) is 6.92 Å². The number of thiazole rings is 1. The van der Waals surface area contributed by atoms with E-state index in [1.165, 1.54) is 17.5 Å². The molecule has 0 spiro atoms. The number of hydrogen-bond acceptors (Lipinski definition) is 4. The largest absolute Gasteiger partial charge is 0.481 e. The van der Waals surface area contributed by atoms with Gasteiger partial charge in [-0.2, -0.15) is 0 Å². The van der Waals surface area contributed by atoms with E-state index in [2.05, 4.69) is 4.98 Å². The first kappa shape index (κ1) is 9.85. The van der Waals surface area contributed by atoms with E-state index in [1.54, 1.807) is 6.92 Å². The van der Waals surface area contributed by atoms with Crippen LogP contribution < -0.4 is 0 Å². The van der Waals surface area contributed by atoms with Gasteiger partial charge in [0.05, 0.1) is 16.3 Å². The highest BCUT2D eigenvalue weighted by atomic mass is 32.1. The number of carbonyl (C=O) groups excluding carboxylic acids is 1. The van der Waals surface area contributed by atoms with Crippen LogP contribution in [0, 0.1) is 6.92 Å². The summed E-state index contributed by atoms with van der Waals surface area (Å²) >= 11 is 1.29. The molecule has 0 aromatic carbocycles. The molecule has 0 bridgehead atoms. The number of aryl methyl sites for hydroxylation is 1. The quantitative estimate of drug-likeness (QED) is 0.746. The number of carboxylic acid groups (broad SMARTS) is 1. The Labute approximate surface area is 79.2 Å². The molecule has 0 unspecified atom stereocenters. The molecule has 5 heteroatoms. The van der Waals surface area contributed by atoms with Crippen molar-refractivity contribution in [3.63, 3.8) is 0 Å². The van der Waals surface area contributed by atoms with Gasteiger partial charge in [0.15, 0.2) is 5.78 Å². The van der Waals surface area contributed by atoms with Gasteiger partial charge in [0.2, 0.25) is 0 Å². The predicted octanol–water partition coefficient (Wildman–Crippen LogP) is 1.50. The van der Waals surface area contributed by atoms with E-state index >= 15 is 0 Å². The zero-order chi connectivity index (χ0) is 9.84. The van der Waals surface area contributed by atoms with Crippen molar-refractivity contribution in [2.75, 3.05) is 0 Å². The predicted molar refractivity (Wildman–Crippen MR) is 48.1 cm³/mol. The zero-order valence-corrected chi connectivity index (χ0v) is 7.93. The summed E-state index contributed by atoms with van der Waals surface area (Å²) in [5.74, 6) is -1.09. The summed E-state index contributed by atoms with van der Waals surface area (Å²) in [5, 5.41) is 9.17. The molecule has 1 rings (SSSR count). The molecule has 13 heavy (non-hydrogen) atoms. The maximum Gasteiger partial charge on any atom is 0.303 e. The van der Waals surface area contributed by atoms with E-state index in [1.807, 2.05) is 0 Å². The van der Waals surface area contributed by atoms with E-state index in [9.17, 15) is 9.59 Å². The Hall–Kier alpha value is -1.23. The lowest BCUT2D eigenvalue weighted by Gasteiger charge is -1.92. The lowest BCUT2D eigenvalue weighted by molar-refractivity contribution is -0.136. The number of rotatable bonds is 4. The van der Waals surface area contributed by atoms with E-state index in [4.69, 9.17) is 5.11 Å². The Bertz CT molecular complexity index is 332. The first-order valence-electron chi connectivity index (χ1n) is 3.77. The minimum Gasteiger partial charge on any atom is -0.481 e. The fourth-order valence-corrected chi connectivity index (χ4v) is 1.58. The van der Waals surface area contributed by atoms with Crippen molar-refractivity contribution >= 4 is 23.1 Å². The molecule has 0 atom stereocenters. The summed E-state index contributed by atoms with van der Waals surface area (Å²) in [4.78, 5) is 25.9. The molecule has 70 valence electrons. The van der Waals surface area contributed by atoms with Gasteiger partial charge in [-0.25, -0.2) is 4.98 Å². The van der Waals surface area contributed by atoms with E-state index in [0.717, 1.165) is 5.01 Å². The fraction of sp³-hybridized carbons (Fsp3) is 0.375. The van der Waals surface area contributed by atoms with Gasteiger partial charge in [-0.15, -0.1) is 11.3 Å². The third kappa shape index (κ3) is 2.95. The average Bonchev–Trinajstić information content (AvgIpc) is 2.47. The smallest absolute Gasteiger partial charge is 0.303 e. The molecule has 0 radical (unpaired) electrons. The second-order valence-electron chi connectivity index (χ2n) is 2.56. The Morgan fingerprint density at radius 1 is 1.54 bits per heavy atom. The molecular formula is C8H9NO3S. The average molecular weight is 199 g/mol. The van der Waals surface area contributed by atoms with E-state index in [0.29, 0.717) is 4.88 Å². The summed E-state index contributed by atoms with van der Waals surface area (Å²) < 4.78 is 0. The molecule has 1 aromatic heterocycles. The number of carboxylic acids is 1. The van der Waals surface area contributed by atoms with Crippen molar-refractivity contribution in [3.8, 4) is 0 Å². The molecule has 1 aromatic rings. The van der Waals surface area contributed by atoms with Crippen LogP contribution >= 0.6 is 11.3 Å².